The average Bonchev–Trinajstić information content (AvgIpc) is 3.06. The van der Waals surface area contributed by atoms with Crippen molar-refractivity contribution in [2.45, 2.75) is 19.8 Å². The van der Waals surface area contributed by atoms with Gasteiger partial charge in [-0.25, -0.2) is 0 Å². The number of rotatable bonds is 8. The van der Waals surface area contributed by atoms with Gasteiger partial charge in [0.05, 0.1) is 0 Å². The fourth-order valence-corrected chi connectivity index (χ4v) is 1.46. The zero-order chi connectivity index (χ0) is 13.5. The highest BCUT2D eigenvalue weighted by atomic mass is 16.7. The van der Waals surface area contributed by atoms with Gasteiger partial charge in [0.1, 0.15) is 43.9 Å². The molecule has 0 bridgehead atoms. The molecule has 102 valence electrons. The lowest BCUT2D eigenvalue weighted by atomic mass is 10.4. The molecule has 6 heteroatoms. The van der Waals surface area contributed by atoms with Gasteiger partial charge in [-0.1, -0.05) is 0 Å². The Balaban J connectivity index is 1.62. The van der Waals surface area contributed by atoms with Gasteiger partial charge in [-0.2, -0.15) is 0 Å². The van der Waals surface area contributed by atoms with Crippen molar-refractivity contribution in [3.8, 4) is 0 Å². The number of hydrogen-bond acceptors (Lipinski definition) is 6. The zero-order valence-corrected chi connectivity index (χ0v) is 10.2. The number of aliphatic hydroxyl groups excluding tert-OH is 1. The Morgan fingerprint density at radius 3 is 2.21 bits per heavy atom. The molecule has 0 saturated heterocycles. The summed E-state index contributed by atoms with van der Waals surface area (Å²) >= 11 is 0. The van der Waals surface area contributed by atoms with E-state index in [-0.39, 0.29) is 32.4 Å². The first-order valence-electron chi connectivity index (χ1n) is 5.69. The van der Waals surface area contributed by atoms with Crippen molar-refractivity contribution >= 4 is 6.29 Å². The largest absolute Gasteiger partial charge is 0.461 e. The van der Waals surface area contributed by atoms with E-state index in [1.807, 2.05) is 0 Å². The van der Waals surface area contributed by atoms with E-state index in [0.717, 1.165) is 0 Å². The van der Waals surface area contributed by atoms with Gasteiger partial charge in [0.25, 0.3) is 0 Å². The molecular formula is C13H14O6. The van der Waals surface area contributed by atoms with Gasteiger partial charge in [-0.15, -0.1) is 0 Å². The van der Waals surface area contributed by atoms with Gasteiger partial charge >= 0.3 is 0 Å². The average molecular weight is 266 g/mol. The Hall–Kier alpha value is -1.89. The van der Waals surface area contributed by atoms with Crippen LogP contribution in [0, 0.1) is 0 Å². The maximum Gasteiger partial charge on any atom is 0.185 e. The smallest absolute Gasteiger partial charge is 0.185 e. The number of carbonyl (C=O) groups is 1. The second-order valence-corrected chi connectivity index (χ2v) is 3.76. The first-order valence-corrected chi connectivity index (χ1v) is 5.69. The van der Waals surface area contributed by atoms with Gasteiger partial charge in [0.2, 0.25) is 0 Å². The Labute approximate surface area is 109 Å². The van der Waals surface area contributed by atoms with E-state index >= 15 is 0 Å². The molecule has 0 saturated carbocycles. The van der Waals surface area contributed by atoms with Gasteiger partial charge in [-0.05, 0) is 24.3 Å². The van der Waals surface area contributed by atoms with Crippen molar-refractivity contribution in [1.29, 1.82) is 0 Å². The molecule has 0 unspecified atom stereocenters. The quantitative estimate of drug-likeness (QED) is 0.446. The topological polar surface area (TPSA) is 82.0 Å². The fourth-order valence-electron chi connectivity index (χ4n) is 1.46. The van der Waals surface area contributed by atoms with E-state index in [4.69, 9.17) is 23.4 Å². The van der Waals surface area contributed by atoms with Crippen LogP contribution in [0.1, 0.15) is 27.8 Å². The van der Waals surface area contributed by atoms with E-state index in [1.54, 1.807) is 24.3 Å². The Morgan fingerprint density at radius 2 is 1.63 bits per heavy atom. The van der Waals surface area contributed by atoms with Crippen molar-refractivity contribution in [2.75, 3.05) is 6.79 Å². The minimum Gasteiger partial charge on any atom is -0.461 e. The van der Waals surface area contributed by atoms with Crippen molar-refractivity contribution in [2.24, 2.45) is 0 Å². The van der Waals surface area contributed by atoms with Crippen molar-refractivity contribution in [1.82, 2.24) is 0 Å². The molecule has 0 radical (unpaired) electrons. The van der Waals surface area contributed by atoms with Crippen LogP contribution in [0.25, 0.3) is 0 Å². The van der Waals surface area contributed by atoms with Crippen LogP contribution in [0.4, 0.5) is 0 Å². The van der Waals surface area contributed by atoms with E-state index in [2.05, 4.69) is 0 Å². The predicted molar refractivity (Wildman–Crippen MR) is 63.2 cm³/mol. The van der Waals surface area contributed by atoms with Crippen LogP contribution in [0.5, 0.6) is 0 Å². The van der Waals surface area contributed by atoms with Crippen molar-refractivity contribution in [3.63, 3.8) is 0 Å². The molecule has 0 aliphatic heterocycles. The van der Waals surface area contributed by atoms with E-state index in [0.29, 0.717) is 23.6 Å². The summed E-state index contributed by atoms with van der Waals surface area (Å²) in [6.45, 7) is 0.436. The van der Waals surface area contributed by atoms with Crippen molar-refractivity contribution < 1.29 is 28.2 Å². The summed E-state index contributed by atoms with van der Waals surface area (Å²) < 4.78 is 20.8. The molecule has 1 N–H and O–H groups in total. The lowest BCUT2D eigenvalue weighted by Gasteiger charge is -2.02. The first kappa shape index (κ1) is 13.5. The normalized spacial score (nSPS) is 10.8. The van der Waals surface area contributed by atoms with Gasteiger partial charge in [-0.3, -0.25) is 4.79 Å². The maximum absolute atomic E-state index is 10.4. The van der Waals surface area contributed by atoms with Gasteiger partial charge < -0.3 is 23.4 Å². The molecule has 2 aromatic heterocycles. The summed E-state index contributed by atoms with van der Waals surface area (Å²) in [6.07, 6.45) is 0.635. The van der Waals surface area contributed by atoms with E-state index in [1.165, 1.54) is 0 Å². The van der Waals surface area contributed by atoms with E-state index < -0.39 is 0 Å². The molecule has 2 rings (SSSR count). The van der Waals surface area contributed by atoms with Crippen LogP contribution in [0.15, 0.2) is 33.1 Å². The maximum atomic E-state index is 10.4. The minimum atomic E-state index is -0.131. The standard InChI is InChI=1S/C13H14O6/c14-5-10-1-3-12(18-10)7-16-9-17-8-13-4-2-11(6-15)19-13/h1-5,15H,6-9H2. The summed E-state index contributed by atoms with van der Waals surface area (Å²) in [4.78, 5) is 10.4. The molecule has 0 amide bonds. The highest BCUT2D eigenvalue weighted by Crippen LogP contribution is 2.10. The lowest BCUT2D eigenvalue weighted by molar-refractivity contribution is -0.0768. The highest BCUT2D eigenvalue weighted by Gasteiger charge is 2.02. The first-order chi connectivity index (χ1) is 9.31. The van der Waals surface area contributed by atoms with Crippen LogP contribution in [-0.4, -0.2) is 18.2 Å². The van der Waals surface area contributed by atoms with Gasteiger partial charge in [0, 0.05) is 0 Å². The van der Waals surface area contributed by atoms with Crippen molar-refractivity contribution in [3.05, 3.63) is 47.3 Å². The summed E-state index contributed by atoms with van der Waals surface area (Å²) in [6, 6.07) is 6.66. The third-order valence-corrected chi connectivity index (χ3v) is 2.33. The SMILES string of the molecule is O=Cc1ccc(COCOCc2ccc(CO)o2)o1. The van der Waals surface area contributed by atoms with Crippen LogP contribution >= 0.6 is 0 Å². The molecule has 0 aliphatic rings. The third-order valence-electron chi connectivity index (χ3n) is 2.33. The zero-order valence-electron chi connectivity index (χ0n) is 10.2. The minimum absolute atomic E-state index is 0.0757. The summed E-state index contributed by atoms with van der Waals surface area (Å²) in [7, 11) is 0. The molecular weight excluding hydrogens is 252 g/mol. The highest BCUT2D eigenvalue weighted by molar-refractivity contribution is 5.70. The molecule has 0 spiro atoms. The third kappa shape index (κ3) is 4.06. The summed E-state index contributed by atoms with van der Waals surface area (Å²) in [5.74, 6) is 1.95. The summed E-state index contributed by atoms with van der Waals surface area (Å²) in [5.41, 5.74) is 0. The second kappa shape index (κ2) is 6.89. The summed E-state index contributed by atoms with van der Waals surface area (Å²) in [5, 5.41) is 8.81. The van der Waals surface area contributed by atoms with Crippen LogP contribution < -0.4 is 0 Å². The number of aliphatic hydroxyl groups is 1. The second-order valence-electron chi connectivity index (χ2n) is 3.76. The molecule has 2 heterocycles. The monoisotopic (exact) mass is 266 g/mol. The van der Waals surface area contributed by atoms with Crippen LogP contribution in [0.3, 0.4) is 0 Å². The Kier molecular flexibility index (Phi) is 4.91. The molecule has 0 aromatic carbocycles. The van der Waals surface area contributed by atoms with Gasteiger partial charge in [0.15, 0.2) is 12.0 Å². The molecule has 19 heavy (non-hydrogen) atoms. The van der Waals surface area contributed by atoms with E-state index in [9.17, 15) is 4.79 Å². The predicted octanol–water partition coefficient (Wildman–Crippen LogP) is 1.87. The molecule has 0 fully saturated rings. The number of carbonyl (C=O) groups excluding carboxylic acids is 1. The fraction of sp³-hybridized carbons (Fsp3) is 0.308. The van der Waals surface area contributed by atoms with Crippen LogP contribution in [-0.2, 0) is 29.3 Å². The van der Waals surface area contributed by atoms with Crippen LogP contribution in [0.2, 0.25) is 0 Å². The number of aldehydes is 1. The molecule has 2 aromatic rings. The Morgan fingerprint density at radius 1 is 1.00 bits per heavy atom. The Bertz CT molecular complexity index is 513. The molecule has 0 aliphatic carbocycles. The number of hydrogen-bond donors (Lipinski definition) is 1. The molecule has 6 nitrogen and oxygen atoms in total. The number of furan rings is 2. The number of ether oxygens (including phenoxy) is 2. The lowest BCUT2D eigenvalue weighted by Crippen LogP contribution is -1.99. The molecule has 0 atom stereocenters.